The number of allylic oxidation sites excluding steroid dienone is 2. The van der Waals surface area contributed by atoms with Crippen LogP contribution >= 0.6 is 0 Å². The Hall–Kier alpha value is -2.09. The van der Waals surface area contributed by atoms with Gasteiger partial charge in [0.2, 0.25) is 6.29 Å². The van der Waals surface area contributed by atoms with E-state index in [2.05, 4.69) is 33.8 Å². The van der Waals surface area contributed by atoms with Gasteiger partial charge in [-0.15, -0.1) is 0 Å². The molecule has 1 aliphatic heterocycles. The number of phenolic OH excluding ortho intramolecular Hbond substituents is 1. The SMILES string of the molecule is CC(=O)OC1COC(Oc2c(C)c3c4c(c2O)[C@@H](C)CC[C@@H]4[C@@H](C)C[C@H]3C=C(C)C)C(O)C1O. The van der Waals surface area contributed by atoms with Crippen molar-refractivity contribution >= 4 is 5.97 Å². The minimum Gasteiger partial charge on any atom is -0.504 e. The van der Waals surface area contributed by atoms with E-state index < -0.39 is 30.6 Å². The zero-order valence-corrected chi connectivity index (χ0v) is 21.0. The summed E-state index contributed by atoms with van der Waals surface area (Å²) in [6.07, 6.45) is 0.466. The number of aliphatic hydroxyl groups excluding tert-OH is 2. The fourth-order valence-electron chi connectivity index (χ4n) is 6.25. The Morgan fingerprint density at radius 3 is 2.41 bits per heavy atom. The molecule has 7 heteroatoms. The summed E-state index contributed by atoms with van der Waals surface area (Å²) in [7, 11) is 0. The van der Waals surface area contributed by atoms with Crippen molar-refractivity contribution in [2.24, 2.45) is 5.92 Å². The number of carbonyl (C=O) groups excluding carboxylic acids is 1. The van der Waals surface area contributed by atoms with E-state index in [-0.39, 0.29) is 24.2 Å². The molecule has 1 aromatic rings. The summed E-state index contributed by atoms with van der Waals surface area (Å²) in [4.78, 5) is 11.3. The highest BCUT2D eigenvalue weighted by molar-refractivity contribution is 5.66. The van der Waals surface area contributed by atoms with Crippen molar-refractivity contribution in [2.75, 3.05) is 6.61 Å². The molecule has 0 saturated carbocycles. The van der Waals surface area contributed by atoms with Crippen molar-refractivity contribution in [1.82, 2.24) is 0 Å². The lowest BCUT2D eigenvalue weighted by Gasteiger charge is -2.44. The van der Waals surface area contributed by atoms with E-state index >= 15 is 0 Å². The molecule has 1 saturated heterocycles. The standard InChI is InChI=1S/C27H38O7/c1-12(2)9-17-10-14(4)18-8-7-13(3)20-22(18)21(17)15(5)26(24(20)30)34-27-25(31)23(29)19(11-32-27)33-16(6)28/h9,13-14,17-19,23,25,27,29-31H,7-8,10-11H2,1-6H3/t13-,14-,17+,18+,19?,23?,25?,27?/m0/s1. The Bertz CT molecular complexity index is 980. The van der Waals surface area contributed by atoms with Crippen LogP contribution in [0.25, 0.3) is 0 Å². The highest BCUT2D eigenvalue weighted by atomic mass is 16.7. The molecule has 1 aromatic carbocycles. The van der Waals surface area contributed by atoms with Crippen molar-refractivity contribution < 1.29 is 34.3 Å². The van der Waals surface area contributed by atoms with Crippen molar-refractivity contribution in [3.05, 3.63) is 33.9 Å². The summed E-state index contributed by atoms with van der Waals surface area (Å²) >= 11 is 0. The first-order chi connectivity index (χ1) is 16.0. The van der Waals surface area contributed by atoms with Gasteiger partial charge in [-0.3, -0.25) is 4.79 Å². The summed E-state index contributed by atoms with van der Waals surface area (Å²) in [5.41, 5.74) is 5.50. The smallest absolute Gasteiger partial charge is 0.303 e. The zero-order valence-electron chi connectivity index (χ0n) is 21.0. The van der Waals surface area contributed by atoms with Crippen LogP contribution in [0.2, 0.25) is 0 Å². The largest absolute Gasteiger partial charge is 0.504 e. The van der Waals surface area contributed by atoms with Crippen molar-refractivity contribution in [3.8, 4) is 11.5 Å². The van der Waals surface area contributed by atoms with Crippen LogP contribution in [-0.2, 0) is 14.3 Å². The lowest BCUT2D eigenvalue weighted by atomic mass is 9.62. The Balaban J connectivity index is 1.76. The molecule has 1 fully saturated rings. The van der Waals surface area contributed by atoms with Crippen molar-refractivity contribution in [3.63, 3.8) is 0 Å². The second-order valence-corrected chi connectivity index (χ2v) is 10.6. The molecule has 3 aliphatic rings. The van der Waals surface area contributed by atoms with Crippen LogP contribution < -0.4 is 4.74 Å². The minimum atomic E-state index is -1.44. The minimum absolute atomic E-state index is 0.103. The second-order valence-electron chi connectivity index (χ2n) is 10.6. The maximum atomic E-state index is 11.4. The van der Waals surface area contributed by atoms with Gasteiger partial charge in [-0.1, -0.05) is 25.5 Å². The number of aliphatic hydroxyl groups is 2. The molecule has 7 nitrogen and oxygen atoms in total. The van der Waals surface area contributed by atoms with E-state index in [0.29, 0.717) is 17.6 Å². The summed E-state index contributed by atoms with van der Waals surface area (Å²) in [5, 5.41) is 32.6. The molecule has 0 aromatic heterocycles. The maximum absolute atomic E-state index is 11.4. The van der Waals surface area contributed by atoms with Crippen molar-refractivity contribution in [1.29, 1.82) is 0 Å². The molecule has 1 heterocycles. The number of hydrogen-bond donors (Lipinski definition) is 3. The Kier molecular flexibility index (Phi) is 7.00. The molecule has 34 heavy (non-hydrogen) atoms. The first-order valence-electron chi connectivity index (χ1n) is 12.4. The van der Waals surface area contributed by atoms with E-state index in [1.165, 1.54) is 23.6 Å². The average molecular weight is 475 g/mol. The van der Waals surface area contributed by atoms with Gasteiger partial charge in [0, 0.05) is 18.4 Å². The zero-order chi connectivity index (χ0) is 24.9. The van der Waals surface area contributed by atoms with Gasteiger partial charge < -0.3 is 29.5 Å². The molecule has 3 N–H and O–H groups in total. The molecule has 0 spiro atoms. The number of benzene rings is 1. The van der Waals surface area contributed by atoms with Gasteiger partial charge in [0.15, 0.2) is 17.6 Å². The van der Waals surface area contributed by atoms with Crippen LogP contribution in [0, 0.1) is 12.8 Å². The molecule has 0 bridgehead atoms. The van der Waals surface area contributed by atoms with E-state index in [1.807, 2.05) is 6.92 Å². The van der Waals surface area contributed by atoms with Gasteiger partial charge >= 0.3 is 5.97 Å². The highest BCUT2D eigenvalue weighted by Gasteiger charge is 2.44. The van der Waals surface area contributed by atoms with E-state index in [1.54, 1.807) is 0 Å². The monoisotopic (exact) mass is 474 g/mol. The fourth-order valence-corrected chi connectivity index (χ4v) is 6.25. The first kappa shape index (κ1) is 25.0. The lowest BCUT2D eigenvalue weighted by molar-refractivity contribution is -0.248. The van der Waals surface area contributed by atoms with Gasteiger partial charge in [0.25, 0.3) is 0 Å². The van der Waals surface area contributed by atoms with Crippen LogP contribution in [0.4, 0.5) is 0 Å². The van der Waals surface area contributed by atoms with E-state index in [0.717, 1.165) is 30.4 Å². The quantitative estimate of drug-likeness (QED) is 0.444. The average Bonchev–Trinajstić information content (AvgIpc) is 2.74. The van der Waals surface area contributed by atoms with Crippen LogP contribution in [0.3, 0.4) is 0 Å². The van der Waals surface area contributed by atoms with E-state index in [4.69, 9.17) is 14.2 Å². The number of ether oxygens (including phenoxy) is 3. The first-order valence-corrected chi connectivity index (χ1v) is 12.4. The number of esters is 1. The molecular weight excluding hydrogens is 436 g/mol. The molecule has 0 amide bonds. The Morgan fingerprint density at radius 2 is 1.76 bits per heavy atom. The Morgan fingerprint density at radius 1 is 1.06 bits per heavy atom. The lowest BCUT2D eigenvalue weighted by Crippen LogP contribution is -2.56. The van der Waals surface area contributed by atoms with Gasteiger partial charge in [-0.05, 0) is 74.5 Å². The predicted octanol–water partition coefficient (Wildman–Crippen LogP) is 4.16. The van der Waals surface area contributed by atoms with Crippen LogP contribution in [0.15, 0.2) is 11.6 Å². The number of aromatic hydroxyl groups is 1. The number of rotatable bonds is 4. The van der Waals surface area contributed by atoms with Gasteiger partial charge in [-0.2, -0.15) is 0 Å². The molecular formula is C27H38O7. The predicted molar refractivity (Wildman–Crippen MR) is 127 cm³/mol. The molecule has 4 unspecified atom stereocenters. The third-order valence-corrected chi connectivity index (χ3v) is 7.77. The summed E-state index contributed by atoms with van der Waals surface area (Å²) < 4.78 is 16.8. The fraction of sp³-hybridized carbons (Fsp3) is 0.667. The van der Waals surface area contributed by atoms with Gasteiger partial charge in [0.05, 0.1) is 6.61 Å². The van der Waals surface area contributed by atoms with Gasteiger partial charge in [-0.25, -0.2) is 0 Å². The summed E-state index contributed by atoms with van der Waals surface area (Å²) in [5.74, 6) is 1.16. The van der Waals surface area contributed by atoms with Crippen LogP contribution in [0.1, 0.15) is 93.9 Å². The third-order valence-electron chi connectivity index (χ3n) is 7.77. The van der Waals surface area contributed by atoms with Gasteiger partial charge in [0.1, 0.15) is 12.2 Å². The number of hydrogen-bond acceptors (Lipinski definition) is 7. The maximum Gasteiger partial charge on any atom is 0.303 e. The summed E-state index contributed by atoms with van der Waals surface area (Å²) in [6.45, 7) is 11.7. The molecule has 0 radical (unpaired) electrons. The molecule has 8 atom stereocenters. The number of carbonyl (C=O) groups is 1. The molecule has 2 aliphatic carbocycles. The highest BCUT2D eigenvalue weighted by Crippen LogP contribution is 2.58. The van der Waals surface area contributed by atoms with Crippen LogP contribution in [0.5, 0.6) is 11.5 Å². The van der Waals surface area contributed by atoms with Crippen LogP contribution in [-0.4, -0.2) is 52.5 Å². The van der Waals surface area contributed by atoms with E-state index in [9.17, 15) is 20.1 Å². The summed E-state index contributed by atoms with van der Waals surface area (Å²) in [6, 6.07) is 0. The Labute approximate surface area is 201 Å². The topological polar surface area (TPSA) is 105 Å². The molecule has 188 valence electrons. The number of phenols is 1. The third kappa shape index (κ3) is 4.34. The molecule has 4 rings (SSSR count). The second kappa shape index (κ2) is 9.51. The normalized spacial score (nSPS) is 34.7. The van der Waals surface area contributed by atoms with Crippen molar-refractivity contribution in [2.45, 2.75) is 103 Å².